The minimum absolute atomic E-state index is 0.127. The first kappa shape index (κ1) is 24.3. The van der Waals surface area contributed by atoms with E-state index in [1.54, 1.807) is 14.2 Å². The number of aldehydes is 1. The van der Waals surface area contributed by atoms with Gasteiger partial charge >= 0.3 is 0 Å². The van der Waals surface area contributed by atoms with Crippen molar-refractivity contribution >= 4 is 6.29 Å². The zero-order valence-electron chi connectivity index (χ0n) is 20.3. The van der Waals surface area contributed by atoms with Crippen molar-refractivity contribution in [2.45, 2.75) is 31.5 Å². The van der Waals surface area contributed by atoms with Crippen LogP contribution >= 0.6 is 0 Å². The Bertz CT molecular complexity index is 1240. The molecule has 3 aromatic carbocycles. The van der Waals surface area contributed by atoms with Gasteiger partial charge in [-0.3, -0.25) is 4.90 Å². The number of para-hydroxylation sites is 2. The second-order valence-electron chi connectivity index (χ2n) is 8.61. The molecule has 4 rings (SSSR count). The van der Waals surface area contributed by atoms with Crippen LogP contribution in [-0.2, 0) is 24.2 Å². The summed E-state index contributed by atoms with van der Waals surface area (Å²) < 4.78 is 11.2. The first-order valence-corrected chi connectivity index (χ1v) is 11.8. The molecule has 0 aliphatic carbocycles. The molecule has 0 fully saturated rings. The quantitative estimate of drug-likeness (QED) is 0.223. The molecule has 1 aliphatic rings. The third kappa shape index (κ3) is 5.46. The van der Waals surface area contributed by atoms with Crippen molar-refractivity contribution in [2.24, 2.45) is 0 Å². The summed E-state index contributed by atoms with van der Waals surface area (Å²) in [5, 5.41) is 0. The van der Waals surface area contributed by atoms with Crippen LogP contribution in [0.15, 0.2) is 108 Å². The Labute approximate surface area is 207 Å². The van der Waals surface area contributed by atoms with Gasteiger partial charge in [-0.2, -0.15) is 0 Å². The van der Waals surface area contributed by atoms with Crippen LogP contribution in [0.3, 0.4) is 0 Å². The molecule has 0 spiro atoms. The lowest BCUT2D eigenvalue weighted by molar-refractivity contribution is -0.111. The van der Waals surface area contributed by atoms with Crippen LogP contribution in [0.5, 0.6) is 11.5 Å². The molecular formula is C31H31NO3. The van der Waals surface area contributed by atoms with Gasteiger partial charge < -0.3 is 14.3 Å². The molecule has 2 unspecified atom stereocenters. The number of hydrogen-bond acceptors (Lipinski definition) is 4. The first-order valence-electron chi connectivity index (χ1n) is 11.8. The van der Waals surface area contributed by atoms with Gasteiger partial charge in [-0.1, -0.05) is 79.4 Å². The van der Waals surface area contributed by atoms with Gasteiger partial charge in [-0.15, -0.1) is 5.73 Å². The van der Waals surface area contributed by atoms with Crippen molar-refractivity contribution < 1.29 is 14.3 Å². The normalized spacial score (nSPS) is 17.4. The van der Waals surface area contributed by atoms with E-state index in [0.717, 1.165) is 45.6 Å². The molecular weight excluding hydrogens is 434 g/mol. The van der Waals surface area contributed by atoms with Crippen molar-refractivity contribution in [1.82, 2.24) is 4.90 Å². The maximum atomic E-state index is 12.3. The number of methoxy groups -OCH3 is 2. The molecule has 35 heavy (non-hydrogen) atoms. The van der Waals surface area contributed by atoms with Crippen molar-refractivity contribution in [1.29, 1.82) is 0 Å². The average molecular weight is 466 g/mol. The Morgan fingerprint density at radius 2 is 1.51 bits per heavy atom. The number of hydrogen-bond donors (Lipinski definition) is 0. The fourth-order valence-electron chi connectivity index (χ4n) is 4.86. The largest absolute Gasteiger partial charge is 0.496 e. The molecule has 1 heterocycles. The minimum Gasteiger partial charge on any atom is -0.496 e. The summed E-state index contributed by atoms with van der Waals surface area (Å²) in [6, 6.07) is 25.8. The number of nitrogens with zero attached hydrogens (tertiary/aromatic N) is 1. The highest BCUT2D eigenvalue weighted by atomic mass is 16.5. The molecule has 0 N–H and O–H groups in total. The van der Waals surface area contributed by atoms with E-state index in [0.29, 0.717) is 19.4 Å². The van der Waals surface area contributed by atoms with Gasteiger partial charge in [-0.05, 0) is 46.4 Å². The molecule has 1 aliphatic heterocycles. The predicted molar refractivity (Wildman–Crippen MR) is 140 cm³/mol. The van der Waals surface area contributed by atoms with Gasteiger partial charge in [0.2, 0.25) is 0 Å². The lowest BCUT2D eigenvalue weighted by Crippen LogP contribution is -2.40. The molecule has 0 radical (unpaired) electrons. The summed E-state index contributed by atoms with van der Waals surface area (Å²) in [7, 11) is 3.37. The molecule has 0 saturated heterocycles. The topological polar surface area (TPSA) is 38.8 Å². The Morgan fingerprint density at radius 3 is 2.14 bits per heavy atom. The van der Waals surface area contributed by atoms with Crippen LogP contribution in [-0.4, -0.2) is 37.5 Å². The van der Waals surface area contributed by atoms with Crippen molar-refractivity contribution in [3.8, 4) is 11.5 Å². The summed E-state index contributed by atoms with van der Waals surface area (Å²) in [6.07, 6.45) is 4.40. The van der Waals surface area contributed by atoms with Crippen molar-refractivity contribution in [2.75, 3.05) is 14.2 Å². The number of rotatable bonds is 10. The summed E-state index contributed by atoms with van der Waals surface area (Å²) in [6.45, 7) is 4.69. The molecule has 4 heteroatoms. The standard InChI is InChI=1S/C31H31NO3/c1-4-24(18-25-14-8-10-16-29(25)34-2)31-27(19-26-15-9-11-17-30(26)35-3)20-28(22-33)32(31)21-23-12-6-5-7-13-23/h5-17,20,22,28,31H,1,18-19,21H2,2-3H3. The predicted octanol–water partition coefficient (Wildman–Crippen LogP) is 5.58. The highest BCUT2D eigenvalue weighted by Crippen LogP contribution is 2.36. The molecule has 0 bridgehead atoms. The van der Waals surface area contributed by atoms with Gasteiger partial charge in [0.15, 0.2) is 0 Å². The van der Waals surface area contributed by atoms with Crippen LogP contribution in [0, 0.1) is 0 Å². The highest BCUT2D eigenvalue weighted by Gasteiger charge is 2.37. The smallest absolute Gasteiger partial charge is 0.141 e. The fraction of sp³-hybridized carbons (Fsp3) is 0.226. The van der Waals surface area contributed by atoms with Crippen LogP contribution in [0.25, 0.3) is 0 Å². The molecule has 4 nitrogen and oxygen atoms in total. The van der Waals surface area contributed by atoms with Gasteiger partial charge in [0, 0.05) is 13.0 Å². The maximum absolute atomic E-state index is 12.3. The second kappa shape index (κ2) is 11.5. The third-order valence-corrected chi connectivity index (χ3v) is 6.52. The lowest BCUT2D eigenvalue weighted by atomic mass is 9.90. The highest BCUT2D eigenvalue weighted by molar-refractivity contribution is 5.65. The molecule has 178 valence electrons. The summed E-state index contributed by atoms with van der Waals surface area (Å²) in [5.74, 6) is 1.67. The van der Waals surface area contributed by atoms with Crippen molar-refractivity contribution in [3.63, 3.8) is 0 Å². The van der Waals surface area contributed by atoms with E-state index in [1.807, 2.05) is 54.6 Å². The van der Waals surface area contributed by atoms with Crippen molar-refractivity contribution in [3.05, 3.63) is 125 Å². The Morgan fingerprint density at radius 1 is 0.914 bits per heavy atom. The fourth-order valence-corrected chi connectivity index (χ4v) is 4.86. The first-order chi connectivity index (χ1) is 17.2. The van der Waals surface area contributed by atoms with E-state index in [1.165, 1.54) is 0 Å². The SMILES string of the molecule is C=C=C(Cc1ccccc1OC)C1C(Cc2ccccc2OC)=CC(C=O)N1Cc1ccccc1. The molecule has 3 aromatic rings. The number of carbonyl (C=O) groups is 1. The average Bonchev–Trinajstić information content (AvgIpc) is 3.24. The molecule has 0 amide bonds. The number of ether oxygens (including phenoxy) is 2. The summed E-state index contributed by atoms with van der Waals surface area (Å²) >= 11 is 0. The Hall–Kier alpha value is -3.85. The second-order valence-corrected chi connectivity index (χ2v) is 8.61. The summed E-state index contributed by atoms with van der Waals surface area (Å²) in [4.78, 5) is 14.5. The molecule has 0 saturated carbocycles. The van der Waals surface area contributed by atoms with Gasteiger partial charge in [0.25, 0.3) is 0 Å². The van der Waals surface area contributed by atoms with Gasteiger partial charge in [-0.25, -0.2) is 0 Å². The summed E-state index contributed by atoms with van der Waals surface area (Å²) in [5.41, 5.74) is 8.68. The number of carbonyl (C=O) groups excluding carboxylic acids is 1. The van der Waals surface area contributed by atoms with Crippen LogP contribution in [0.2, 0.25) is 0 Å². The van der Waals surface area contributed by atoms with Crippen LogP contribution < -0.4 is 9.47 Å². The van der Waals surface area contributed by atoms with Gasteiger partial charge in [0.05, 0.1) is 26.3 Å². The van der Waals surface area contributed by atoms with E-state index < -0.39 is 0 Å². The zero-order valence-corrected chi connectivity index (χ0v) is 20.3. The monoisotopic (exact) mass is 465 g/mol. The van der Waals surface area contributed by atoms with Gasteiger partial charge in [0.1, 0.15) is 17.8 Å². The van der Waals surface area contributed by atoms with Crippen LogP contribution in [0.1, 0.15) is 16.7 Å². The van der Waals surface area contributed by atoms with E-state index in [9.17, 15) is 4.79 Å². The molecule has 0 aromatic heterocycles. The van der Waals surface area contributed by atoms with E-state index >= 15 is 0 Å². The van der Waals surface area contributed by atoms with E-state index in [2.05, 4.69) is 47.6 Å². The zero-order chi connectivity index (χ0) is 24.6. The lowest BCUT2D eigenvalue weighted by Gasteiger charge is -2.31. The minimum atomic E-state index is -0.342. The Balaban J connectivity index is 1.74. The Kier molecular flexibility index (Phi) is 7.99. The maximum Gasteiger partial charge on any atom is 0.141 e. The van der Waals surface area contributed by atoms with E-state index in [-0.39, 0.29) is 12.1 Å². The van der Waals surface area contributed by atoms with Crippen LogP contribution in [0.4, 0.5) is 0 Å². The third-order valence-electron chi connectivity index (χ3n) is 6.52. The number of benzene rings is 3. The van der Waals surface area contributed by atoms with E-state index in [4.69, 9.17) is 9.47 Å². The molecule has 2 atom stereocenters.